The first-order valence-corrected chi connectivity index (χ1v) is 6.93. The highest BCUT2D eigenvalue weighted by Gasteiger charge is 2.40. The van der Waals surface area contributed by atoms with E-state index < -0.39 is 27.9 Å². The van der Waals surface area contributed by atoms with E-state index in [0.29, 0.717) is 13.0 Å². The van der Waals surface area contributed by atoms with Crippen LogP contribution >= 0.6 is 0 Å². The third-order valence-corrected chi connectivity index (χ3v) is 3.09. The smallest absolute Gasteiger partial charge is 0.379 e. The molecule has 0 fully saturated rings. The van der Waals surface area contributed by atoms with Gasteiger partial charge in [-0.15, -0.1) is 0 Å². The van der Waals surface area contributed by atoms with Gasteiger partial charge in [0.2, 0.25) is 10.0 Å². The molecule has 1 amide bonds. The van der Waals surface area contributed by atoms with Gasteiger partial charge in [-0.05, 0) is 26.7 Å². The molecule has 0 aromatic carbocycles. The van der Waals surface area contributed by atoms with Gasteiger partial charge in [0.15, 0.2) is 0 Å². The molecular formula is C9H16F3NO4S. The van der Waals surface area contributed by atoms with Crippen LogP contribution in [0.5, 0.6) is 0 Å². The van der Waals surface area contributed by atoms with Crippen molar-refractivity contribution in [3.8, 4) is 0 Å². The molecule has 0 aliphatic heterocycles. The first kappa shape index (κ1) is 17.2. The number of hydrogen-bond donors (Lipinski definition) is 1. The van der Waals surface area contributed by atoms with E-state index in [4.69, 9.17) is 4.74 Å². The van der Waals surface area contributed by atoms with Crippen molar-refractivity contribution in [2.24, 2.45) is 0 Å². The Morgan fingerprint density at radius 2 is 1.83 bits per heavy atom. The van der Waals surface area contributed by atoms with Crippen molar-refractivity contribution in [1.82, 2.24) is 4.72 Å². The molecule has 0 saturated carbocycles. The lowest BCUT2D eigenvalue weighted by molar-refractivity contribution is -0.171. The van der Waals surface area contributed by atoms with Gasteiger partial charge in [0, 0.05) is 6.61 Å². The molecule has 0 aromatic heterocycles. The molecule has 5 nitrogen and oxygen atoms in total. The average Bonchev–Trinajstić information content (AvgIpc) is 2.14. The molecule has 0 heterocycles. The largest absolute Gasteiger partial charge is 0.472 e. The number of nitrogens with one attached hydrogen (secondary N) is 1. The second-order valence-electron chi connectivity index (χ2n) is 3.87. The van der Waals surface area contributed by atoms with Crippen molar-refractivity contribution in [2.45, 2.75) is 39.0 Å². The number of carbonyl (C=O) groups excluding carboxylic acids is 1. The summed E-state index contributed by atoms with van der Waals surface area (Å²) in [6.07, 6.45) is -4.69. The summed E-state index contributed by atoms with van der Waals surface area (Å²) in [5.41, 5.74) is 0. The van der Waals surface area contributed by atoms with Gasteiger partial charge in [0.25, 0.3) is 0 Å². The predicted octanol–water partition coefficient (Wildman–Crippen LogP) is 1.20. The van der Waals surface area contributed by atoms with E-state index >= 15 is 0 Å². The highest BCUT2D eigenvalue weighted by atomic mass is 32.2. The monoisotopic (exact) mass is 291 g/mol. The maximum atomic E-state index is 11.8. The Hall–Kier alpha value is -0.830. The summed E-state index contributed by atoms with van der Waals surface area (Å²) in [5.74, 6) is -3.02. The molecule has 0 unspecified atom stereocenters. The fourth-order valence-corrected chi connectivity index (χ4v) is 2.05. The van der Waals surface area contributed by atoms with Crippen molar-refractivity contribution in [3.63, 3.8) is 0 Å². The van der Waals surface area contributed by atoms with Crippen molar-refractivity contribution >= 4 is 15.9 Å². The highest BCUT2D eigenvalue weighted by molar-refractivity contribution is 7.90. The summed E-state index contributed by atoms with van der Waals surface area (Å²) in [4.78, 5) is 10.4. The zero-order chi connectivity index (χ0) is 14.4. The lowest BCUT2D eigenvalue weighted by Gasteiger charge is -2.09. The standard InChI is InChI=1S/C9H16F3NO4S/c1-7(2)17-5-3-4-6-18(15,16)13-8(14)9(10,11)12/h7H,3-6H2,1-2H3,(H,13,14). The fourth-order valence-electron chi connectivity index (χ4n) is 0.963. The number of alkyl halides is 3. The molecule has 0 radical (unpaired) electrons. The average molecular weight is 291 g/mol. The molecule has 18 heavy (non-hydrogen) atoms. The van der Waals surface area contributed by atoms with Crippen LogP contribution in [0.3, 0.4) is 0 Å². The summed E-state index contributed by atoms with van der Waals surface area (Å²) in [6.45, 7) is 3.93. The molecule has 9 heteroatoms. The van der Waals surface area contributed by atoms with Gasteiger partial charge in [-0.3, -0.25) is 4.79 Å². The number of ether oxygens (including phenoxy) is 1. The van der Waals surface area contributed by atoms with Crippen molar-refractivity contribution in [3.05, 3.63) is 0 Å². The Balaban J connectivity index is 3.99. The predicted molar refractivity (Wildman–Crippen MR) is 58.3 cm³/mol. The molecule has 108 valence electrons. The Bertz CT molecular complexity index is 364. The normalized spacial score (nSPS) is 12.8. The van der Waals surface area contributed by atoms with Crippen molar-refractivity contribution < 1.29 is 31.1 Å². The van der Waals surface area contributed by atoms with Crippen LogP contribution in [-0.4, -0.2) is 39.0 Å². The zero-order valence-corrected chi connectivity index (χ0v) is 10.9. The second kappa shape index (κ2) is 6.93. The molecule has 0 spiro atoms. The molecule has 0 rings (SSSR count). The van der Waals surface area contributed by atoms with E-state index in [0.717, 1.165) is 4.72 Å². The molecule has 0 aliphatic carbocycles. The fraction of sp³-hybridized carbons (Fsp3) is 0.889. The molecular weight excluding hydrogens is 275 g/mol. The van der Waals surface area contributed by atoms with E-state index in [9.17, 15) is 26.4 Å². The van der Waals surface area contributed by atoms with Gasteiger partial charge in [0.05, 0.1) is 11.9 Å². The maximum Gasteiger partial charge on any atom is 0.472 e. The topological polar surface area (TPSA) is 72.5 Å². The van der Waals surface area contributed by atoms with Gasteiger partial charge in [0.1, 0.15) is 0 Å². The Morgan fingerprint density at radius 1 is 1.28 bits per heavy atom. The minimum absolute atomic E-state index is 0.00605. The van der Waals surface area contributed by atoms with Gasteiger partial charge in [-0.1, -0.05) is 0 Å². The molecule has 0 atom stereocenters. The Labute approximate surface area is 104 Å². The number of rotatable bonds is 7. The van der Waals surface area contributed by atoms with Gasteiger partial charge < -0.3 is 4.74 Å². The summed E-state index contributed by atoms with van der Waals surface area (Å²) in [6, 6.07) is 0. The van der Waals surface area contributed by atoms with Gasteiger partial charge >= 0.3 is 12.1 Å². The lowest BCUT2D eigenvalue weighted by Crippen LogP contribution is -2.41. The van der Waals surface area contributed by atoms with Crippen LogP contribution < -0.4 is 4.72 Å². The number of unbranched alkanes of at least 4 members (excludes halogenated alkanes) is 1. The summed E-state index contributed by atoms with van der Waals surface area (Å²) in [5, 5.41) is 0. The van der Waals surface area contributed by atoms with Crippen LogP contribution in [0.4, 0.5) is 13.2 Å². The van der Waals surface area contributed by atoms with Crippen LogP contribution in [0.2, 0.25) is 0 Å². The summed E-state index contributed by atoms with van der Waals surface area (Å²) in [7, 11) is -4.24. The van der Waals surface area contributed by atoms with Crippen LogP contribution in [0, 0.1) is 0 Å². The number of carbonyl (C=O) groups is 1. The van der Waals surface area contributed by atoms with Crippen molar-refractivity contribution in [2.75, 3.05) is 12.4 Å². The number of halogens is 3. The van der Waals surface area contributed by atoms with E-state index in [1.165, 1.54) is 0 Å². The first-order valence-electron chi connectivity index (χ1n) is 5.28. The molecule has 0 bridgehead atoms. The van der Waals surface area contributed by atoms with E-state index in [1.54, 1.807) is 13.8 Å². The Kier molecular flexibility index (Phi) is 6.61. The van der Waals surface area contributed by atoms with E-state index in [2.05, 4.69) is 0 Å². The van der Waals surface area contributed by atoms with Crippen LogP contribution in [0.1, 0.15) is 26.7 Å². The highest BCUT2D eigenvalue weighted by Crippen LogP contribution is 2.14. The SMILES string of the molecule is CC(C)OCCCCS(=O)(=O)NC(=O)C(F)(F)F. The van der Waals surface area contributed by atoms with Crippen molar-refractivity contribution in [1.29, 1.82) is 0 Å². The van der Waals surface area contributed by atoms with Gasteiger partial charge in [-0.25, -0.2) is 13.1 Å². The molecule has 1 N–H and O–H groups in total. The summed E-state index contributed by atoms with van der Waals surface area (Å²) >= 11 is 0. The lowest BCUT2D eigenvalue weighted by atomic mass is 10.3. The minimum atomic E-state index is -5.20. The maximum absolute atomic E-state index is 11.8. The quantitative estimate of drug-likeness (QED) is 0.715. The number of hydrogen-bond acceptors (Lipinski definition) is 4. The molecule has 0 aromatic rings. The second-order valence-corrected chi connectivity index (χ2v) is 5.72. The molecule has 0 saturated heterocycles. The number of amides is 1. The molecule has 0 aliphatic rings. The third kappa shape index (κ3) is 8.29. The van der Waals surface area contributed by atoms with Gasteiger partial charge in [-0.2, -0.15) is 13.2 Å². The van der Waals surface area contributed by atoms with Crippen LogP contribution in [0.15, 0.2) is 0 Å². The first-order chi connectivity index (χ1) is 8.04. The Morgan fingerprint density at radius 3 is 2.28 bits per heavy atom. The zero-order valence-electron chi connectivity index (χ0n) is 10.1. The van der Waals surface area contributed by atoms with E-state index in [-0.39, 0.29) is 12.5 Å². The van der Waals surface area contributed by atoms with Crippen LogP contribution in [0.25, 0.3) is 0 Å². The minimum Gasteiger partial charge on any atom is -0.379 e. The third-order valence-electron chi connectivity index (χ3n) is 1.76. The van der Waals surface area contributed by atoms with E-state index in [1.807, 2.05) is 0 Å². The summed E-state index contributed by atoms with van der Waals surface area (Å²) < 4.78 is 63.8. The number of sulfonamides is 1. The van der Waals surface area contributed by atoms with Crippen LogP contribution in [-0.2, 0) is 19.6 Å².